The van der Waals surface area contributed by atoms with Gasteiger partial charge >= 0.3 is 11.7 Å². The minimum atomic E-state index is -0.837. The summed E-state index contributed by atoms with van der Waals surface area (Å²) >= 11 is 3.34. The van der Waals surface area contributed by atoms with Crippen LogP contribution in [0.1, 0.15) is 24.0 Å². The lowest BCUT2D eigenvalue weighted by molar-refractivity contribution is -0.139. The van der Waals surface area contributed by atoms with Crippen molar-refractivity contribution in [3.8, 4) is 5.88 Å². The second kappa shape index (κ2) is 6.60. The third-order valence-corrected chi connectivity index (χ3v) is 4.23. The summed E-state index contributed by atoms with van der Waals surface area (Å²) in [5.74, 6) is -1.84. The van der Waals surface area contributed by atoms with Gasteiger partial charge in [0.1, 0.15) is 5.57 Å². The van der Waals surface area contributed by atoms with E-state index in [2.05, 4.69) is 25.9 Å². The SMILES string of the molecule is CCOC(=O)C1=C(N)Oc2[nH]c(=O)[nH]c(=O)c2[C@@H]1c1ccc(Br)cc1. The minimum Gasteiger partial charge on any atom is -0.462 e. The van der Waals surface area contributed by atoms with E-state index < -0.39 is 23.1 Å². The molecule has 0 fully saturated rings. The molecule has 0 saturated heterocycles. The maximum absolute atomic E-state index is 12.4. The van der Waals surface area contributed by atoms with E-state index in [1.165, 1.54) is 0 Å². The molecule has 3 rings (SSSR count). The zero-order valence-corrected chi connectivity index (χ0v) is 14.7. The number of aromatic amines is 2. The van der Waals surface area contributed by atoms with Crippen LogP contribution in [0.25, 0.3) is 0 Å². The summed E-state index contributed by atoms with van der Waals surface area (Å²) in [5.41, 5.74) is 5.21. The first-order valence-corrected chi connectivity index (χ1v) is 8.18. The van der Waals surface area contributed by atoms with Crippen LogP contribution in [0.15, 0.2) is 49.8 Å². The molecule has 0 spiro atoms. The predicted molar refractivity (Wildman–Crippen MR) is 92.1 cm³/mol. The second-order valence-electron chi connectivity index (χ2n) is 5.24. The Hall–Kier alpha value is -2.81. The third kappa shape index (κ3) is 3.10. The number of hydrogen-bond acceptors (Lipinski definition) is 6. The Morgan fingerprint density at radius 3 is 2.60 bits per heavy atom. The fourth-order valence-electron chi connectivity index (χ4n) is 2.69. The molecule has 25 heavy (non-hydrogen) atoms. The van der Waals surface area contributed by atoms with Crippen LogP contribution in [0.5, 0.6) is 5.88 Å². The molecule has 1 aliphatic rings. The van der Waals surface area contributed by atoms with Gasteiger partial charge in [0.05, 0.1) is 18.1 Å². The molecule has 0 aliphatic carbocycles. The number of carbonyl (C=O) groups excluding carboxylic acids is 1. The lowest BCUT2D eigenvalue weighted by Crippen LogP contribution is -2.35. The number of ether oxygens (including phenoxy) is 2. The molecule has 2 heterocycles. The lowest BCUT2D eigenvalue weighted by atomic mass is 9.84. The first-order chi connectivity index (χ1) is 11.9. The largest absolute Gasteiger partial charge is 0.462 e. The monoisotopic (exact) mass is 407 g/mol. The minimum absolute atomic E-state index is 0.00854. The molecule has 0 unspecified atom stereocenters. The van der Waals surface area contributed by atoms with Gasteiger partial charge < -0.3 is 15.2 Å². The van der Waals surface area contributed by atoms with Crippen molar-refractivity contribution in [2.45, 2.75) is 12.8 Å². The van der Waals surface area contributed by atoms with Crippen molar-refractivity contribution in [1.29, 1.82) is 0 Å². The van der Waals surface area contributed by atoms with E-state index in [0.717, 1.165) is 4.47 Å². The lowest BCUT2D eigenvalue weighted by Gasteiger charge is -2.26. The Morgan fingerprint density at radius 2 is 1.96 bits per heavy atom. The number of fused-ring (bicyclic) bond motifs is 1. The molecule has 8 nitrogen and oxygen atoms in total. The van der Waals surface area contributed by atoms with Crippen LogP contribution in [0, 0.1) is 0 Å². The molecule has 1 aromatic heterocycles. The van der Waals surface area contributed by atoms with E-state index in [0.29, 0.717) is 5.56 Å². The van der Waals surface area contributed by atoms with E-state index in [1.54, 1.807) is 31.2 Å². The number of nitrogens with two attached hydrogens (primary N) is 1. The van der Waals surface area contributed by atoms with E-state index in [1.807, 2.05) is 0 Å². The zero-order chi connectivity index (χ0) is 18.1. The maximum atomic E-state index is 12.4. The Bertz CT molecular complexity index is 975. The molecule has 1 aromatic carbocycles. The summed E-state index contributed by atoms with van der Waals surface area (Å²) in [6.07, 6.45) is 0. The highest BCUT2D eigenvalue weighted by Gasteiger charge is 2.38. The number of H-pyrrole nitrogens is 2. The second-order valence-corrected chi connectivity index (χ2v) is 6.15. The van der Waals surface area contributed by atoms with Crippen LogP contribution >= 0.6 is 15.9 Å². The number of benzene rings is 1. The van der Waals surface area contributed by atoms with Crippen LogP contribution in [-0.4, -0.2) is 22.5 Å². The van der Waals surface area contributed by atoms with Crippen molar-refractivity contribution in [3.63, 3.8) is 0 Å². The van der Waals surface area contributed by atoms with E-state index in [4.69, 9.17) is 15.2 Å². The Labute approximate surface area is 149 Å². The highest BCUT2D eigenvalue weighted by Crippen LogP contribution is 2.39. The summed E-state index contributed by atoms with van der Waals surface area (Å²) < 4.78 is 11.2. The van der Waals surface area contributed by atoms with Crippen LogP contribution < -0.4 is 21.7 Å². The molecule has 1 atom stereocenters. The molecule has 4 N–H and O–H groups in total. The number of carbonyl (C=O) groups is 1. The van der Waals surface area contributed by atoms with Crippen molar-refractivity contribution in [1.82, 2.24) is 9.97 Å². The molecule has 0 radical (unpaired) electrons. The molecular formula is C16H14BrN3O5. The smallest absolute Gasteiger partial charge is 0.340 e. The van der Waals surface area contributed by atoms with Crippen molar-refractivity contribution in [2.75, 3.05) is 6.61 Å². The average Bonchev–Trinajstić information content (AvgIpc) is 2.54. The fraction of sp³-hybridized carbons (Fsp3) is 0.188. The van der Waals surface area contributed by atoms with Gasteiger partial charge in [0.2, 0.25) is 11.8 Å². The quantitative estimate of drug-likeness (QED) is 0.653. The summed E-state index contributed by atoms with van der Waals surface area (Å²) in [7, 11) is 0. The molecule has 0 bridgehead atoms. The molecule has 1 aliphatic heterocycles. The van der Waals surface area contributed by atoms with E-state index in [-0.39, 0.29) is 29.5 Å². The number of aromatic nitrogens is 2. The van der Waals surface area contributed by atoms with Gasteiger partial charge in [-0.2, -0.15) is 0 Å². The highest BCUT2D eigenvalue weighted by atomic mass is 79.9. The first kappa shape index (κ1) is 17.0. The fourth-order valence-corrected chi connectivity index (χ4v) is 2.95. The summed E-state index contributed by atoms with van der Waals surface area (Å²) in [6.45, 7) is 1.79. The normalized spacial score (nSPS) is 16.2. The summed E-state index contributed by atoms with van der Waals surface area (Å²) in [6, 6.07) is 7.01. The van der Waals surface area contributed by atoms with Gasteiger partial charge in [0.25, 0.3) is 5.56 Å². The van der Waals surface area contributed by atoms with Gasteiger partial charge in [-0.05, 0) is 24.6 Å². The van der Waals surface area contributed by atoms with Gasteiger partial charge in [0.15, 0.2) is 0 Å². The maximum Gasteiger partial charge on any atom is 0.340 e. The van der Waals surface area contributed by atoms with Gasteiger partial charge in [0, 0.05) is 4.47 Å². The molecule has 0 amide bonds. The van der Waals surface area contributed by atoms with Gasteiger partial charge in [-0.25, -0.2) is 9.59 Å². The summed E-state index contributed by atoms with van der Waals surface area (Å²) in [4.78, 5) is 40.9. The number of rotatable bonds is 3. The van der Waals surface area contributed by atoms with Gasteiger partial charge in [-0.15, -0.1) is 0 Å². The molecule has 130 valence electrons. The summed E-state index contributed by atoms with van der Waals surface area (Å²) in [5, 5.41) is 0. The van der Waals surface area contributed by atoms with Crippen LogP contribution in [0.4, 0.5) is 0 Å². The van der Waals surface area contributed by atoms with Crippen LogP contribution in [0.2, 0.25) is 0 Å². The highest BCUT2D eigenvalue weighted by molar-refractivity contribution is 9.10. The Morgan fingerprint density at radius 1 is 1.28 bits per heavy atom. The van der Waals surface area contributed by atoms with Crippen molar-refractivity contribution in [2.24, 2.45) is 5.73 Å². The number of esters is 1. The van der Waals surface area contributed by atoms with Crippen molar-refractivity contribution < 1.29 is 14.3 Å². The van der Waals surface area contributed by atoms with Crippen molar-refractivity contribution in [3.05, 3.63) is 72.2 Å². The first-order valence-electron chi connectivity index (χ1n) is 7.39. The molecule has 0 saturated carbocycles. The molecule has 2 aromatic rings. The third-order valence-electron chi connectivity index (χ3n) is 3.70. The number of halogens is 1. The Kier molecular flexibility index (Phi) is 4.49. The Balaban J connectivity index is 2.27. The average molecular weight is 408 g/mol. The number of nitrogens with one attached hydrogen (secondary N) is 2. The van der Waals surface area contributed by atoms with E-state index in [9.17, 15) is 14.4 Å². The molecular weight excluding hydrogens is 394 g/mol. The van der Waals surface area contributed by atoms with Gasteiger partial charge in [-0.1, -0.05) is 28.1 Å². The van der Waals surface area contributed by atoms with Crippen LogP contribution in [-0.2, 0) is 9.53 Å². The van der Waals surface area contributed by atoms with Gasteiger partial charge in [-0.3, -0.25) is 14.8 Å². The predicted octanol–water partition coefficient (Wildman–Crippen LogP) is 1.08. The van der Waals surface area contributed by atoms with Crippen LogP contribution in [0.3, 0.4) is 0 Å². The zero-order valence-electron chi connectivity index (χ0n) is 13.1. The van der Waals surface area contributed by atoms with E-state index >= 15 is 0 Å². The van der Waals surface area contributed by atoms with Crippen molar-refractivity contribution >= 4 is 21.9 Å². The standard InChI is InChI=1S/C16H14BrN3O5/c1-2-24-15(22)10-9(7-3-5-8(17)6-4-7)11-13(21)19-16(23)20-14(11)25-12(10)18/h3-6,9H,2,18H2,1H3,(H2,19,20,21,23)/t9-/m1/s1. The topological polar surface area (TPSA) is 127 Å². The molecule has 9 heteroatoms. The number of hydrogen-bond donors (Lipinski definition) is 3.